The molecule has 3 nitrogen and oxygen atoms in total. The van der Waals surface area contributed by atoms with Gasteiger partial charge in [-0.05, 0) is 38.1 Å². The van der Waals surface area contributed by atoms with Gasteiger partial charge in [0.1, 0.15) is 0 Å². The molecule has 1 aromatic rings. The van der Waals surface area contributed by atoms with Crippen molar-refractivity contribution in [3.05, 3.63) is 18.2 Å². The first-order valence-corrected chi connectivity index (χ1v) is 6.40. The van der Waals surface area contributed by atoms with Gasteiger partial charge in [-0.15, -0.1) is 0 Å². The van der Waals surface area contributed by atoms with Gasteiger partial charge >= 0.3 is 0 Å². The van der Waals surface area contributed by atoms with E-state index in [1.807, 2.05) is 12.5 Å². The van der Waals surface area contributed by atoms with E-state index in [9.17, 15) is 0 Å². The number of hydrogen-bond donors (Lipinski definition) is 1. The van der Waals surface area contributed by atoms with Crippen LogP contribution in [-0.2, 0) is 6.54 Å². The second-order valence-electron chi connectivity index (χ2n) is 5.40. The van der Waals surface area contributed by atoms with Crippen LogP contribution in [0.25, 0.3) is 0 Å². The summed E-state index contributed by atoms with van der Waals surface area (Å²) in [4.78, 5) is 4.27. The normalized spacial score (nSPS) is 18.0. The Balaban J connectivity index is 1.90. The first-order valence-electron chi connectivity index (χ1n) is 6.40. The lowest BCUT2D eigenvalue weighted by atomic mass is 10.2. The largest absolute Gasteiger partial charge is 0.330 e. The molecule has 1 aliphatic rings. The predicted octanol–water partition coefficient (Wildman–Crippen LogP) is 2.60. The Hall–Kier alpha value is -0.830. The Labute approximate surface area is 98.3 Å². The van der Waals surface area contributed by atoms with E-state index in [0.717, 1.165) is 19.0 Å². The molecule has 0 saturated heterocycles. The summed E-state index contributed by atoms with van der Waals surface area (Å²) in [7, 11) is 0. The van der Waals surface area contributed by atoms with Crippen LogP contribution in [0.2, 0.25) is 0 Å². The molecule has 0 amide bonds. The number of nitrogens with zero attached hydrogens (tertiary/aromatic N) is 2. The summed E-state index contributed by atoms with van der Waals surface area (Å²) in [6, 6.07) is 0.623. The zero-order valence-corrected chi connectivity index (χ0v) is 10.6. The van der Waals surface area contributed by atoms with E-state index in [4.69, 9.17) is 0 Å². The van der Waals surface area contributed by atoms with Crippen LogP contribution in [-0.4, -0.2) is 16.1 Å². The van der Waals surface area contributed by atoms with Gasteiger partial charge in [0, 0.05) is 18.8 Å². The van der Waals surface area contributed by atoms with E-state index in [1.165, 1.54) is 18.5 Å². The van der Waals surface area contributed by atoms with Gasteiger partial charge < -0.3 is 9.88 Å². The van der Waals surface area contributed by atoms with Crippen molar-refractivity contribution in [3.63, 3.8) is 0 Å². The molecule has 1 aromatic heterocycles. The van der Waals surface area contributed by atoms with Crippen molar-refractivity contribution in [3.8, 4) is 0 Å². The third-order valence-electron chi connectivity index (χ3n) is 3.35. The molecule has 2 rings (SSSR count). The fraction of sp³-hybridized carbons (Fsp3) is 0.769. The van der Waals surface area contributed by atoms with E-state index in [0.29, 0.717) is 12.0 Å². The van der Waals surface area contributed by atoms with Gasteiger partial charge in [-0.1, -0.05) is 13.8 Å². The minimum Gasteiger partial charge on any atom is -0.330 e. The van der Waals surface area contributed by atoms with Crippen molar-refractivity contribution in [2.24, 2.45) is 11.8 Å². The highest BCUT2D eigenvalue weighted by molar-refractivity contribution is 5.02. The molecular formula is C13H23N3. The van der Waals surface area contributed by atoms with Crippen molar-refractivity contribution < 1.29 is 0 Å². The Morgan fingerprint density at radius 3 is 2.81 bits per heavy atom. The number of hydrogen-bond acceptors (Lipinski definition) is 2. The molecule has 0 aliphatic heterocycles. The monoisotopic (exact) mass is 221 g/mol. The van der Waals surface area contributed by atoms with E-state index in [1.54, 1.807) is 0 Å². The van der Waals surface area contributed by atoms with Crippen LogP contribution in [0.15, 0.2) is 12.5 Å². The van der Waals surface area contributed by atoms with Gasteiger partial charge in [-0.2, -0.15) is 0 Å². The molecule has 1 aliphatic carbocycles. The highest BCUT2D eigenvalue weighted by Gasteiger charge is 2.29. The number of nitrogens with one attached hydrogen (secondary N) is 1. The lowest BCUT2D eigenvalue weighted by Crippen LogP contribution is -2.21. The molecule has 1 heterocycles. The molecule has 90 valence electrons. The molecule has 0 bridgehead atoms. The fourth-order valence-electron chi connectivity index (χ4n) is 2.13. The second kappa shape index (κ2) is 5.00. The number of rotatable bonds is 6. The summed E-state index contributed by atoms with van der Waals surface area (Å²) < 4.78 is 2.34. The van der Waals surface area contributed by atoms with Crippen LogP contribution in [0, 0.1) is 11.8 Å². The van der Waals surface area contributed by atoms with Gasteiger partial charge in [0.05, 0.1) is 12.0 Å². The zero-order valence-electron chi connectivity index (χ0n) is 10.6. The first kappa shape index (κ1) is 11.6. The fourth-order valence-corrected chi connectivity index (χ4v) is 2.13. The van der Waals surface area contributed by atoms with Crippen molar-refractivity contribution in [1.82, 2.24) is 14.9 Å². The molecule has 1 saturated carbocycles. The molecule has 1 unspecified atom stereocenters. The molecule has 0 aromatic carbocycles. The standard InChI is InChI=1S/C13H23N3/c1-10(2)6-14-7-13-8-15-9-16(13)11(3)12-4-5-12/h8-12,14H,4-7H2,1-3H3. The highest BCUT2D eigenvalue weighted by Crippen LogP contribution is 2.39. The Morgan fingerprint density at radius 1 is 1.44 bits per heavy atom. The minimum absolute atomic E-state index is 0.623. The van der Waals surface area contributed by atoms with Crippen LogP contribution in [0.4, 0.5) is 0 Å². The predicted molar refractivity (Wildman–Crippen MR) is 66.2 cm³/mol. The van der Waals surface area contributed by atoms with Crippen molar-refractivity contribution >= 4 is 0 Å². The Morgan fingerprint density at radius 2 is 2.19 bits per heavy atom. The Bertz CT molecular complexity index is 326. The van der Waals surface area contributed by atoms with Gasteiger partial charge in [-0.25, -0.2) is 4.98 Å². The van der Waals surface area contributed by atoms with Crippen LogP contribution in [0.3, 0.4) is 0 Å². The average Bonchev–Trinajstić information content (AvgIpc) is 2.98. The highest BCUT2D eigenvalue weighted by atomic mass is 15.1. The molecule has 1 atom stereocenters. The SMILES string of the molecule is CC(C)CNCc1cncn1C(C)C1CC1. The van der Waals surface area contributed by atoms with Crippen LogP contribution < -0.4 is 5.32 Å². The molecule has 1 fully saturated rings. The summed E-state index contributed by atoms with van der Waals surface area (Å²) in [5, 5.41) is 3.48. The summed E-state index contributed by atoms with van der Waals surface area (Å²) in [6.45, 7) is 8.79. The van der Waals surface area contributed by atoms with Gasteiger partial charge in [0.25, 0.3) is 0 Å². The minimum atomic E-state index is 0.623. The molecule has 1 N–H and O–H groups in total. The Kier molecular flexibility index (Phi) is 3.64. The molecule has 0 radical (unpaired) electrons. The van der Waals surface area contributed by atoms with Crippen LogP contribution >= 0.6 is 0 Å². The maximum absolute atomic E-state index is 4.27. The lowest BCUT2D eigenvalue weighted by Gasteiger charge is -2.16. The maximum Gasteiger partial charge on any atom is 0.0951 e. The van der Waals surface area contributed by atoms with Crippen molar-refractivity contribution in [2.45, 2.75) is 46.2 Å². The third-order valence-corrected chi connectivity index (χ3v) is 3.35. The van der Waals surface area contributed by atoms with Gasteiger partial charge in [0.15, 0.2) is 0 Å². The maximum atomic E-state index is 4.27. The van der Waals surface area contributed by atoms with Crippen molar-refractivity contribution in [2.75, 3.05) is 6.54 Å². The summed E-state index contributed by atoms with van der Waals surface area (Å²) in [6.07, 6.45) is 6.75. The summed E-state index contributed by atoms with van der Waals surface area (Å²) in [5.41, 5.74) is 1.32. The number of imidazole rings is 1. The zero-order chi connectivity index (χ0) is 11.5. The topological polar surface area (TPSA) is 29.9 Å². The lowest BCUT2D eigenvalue weighted by molar-refractivity contribution is 0.456. The van der Waals surface area contributed by atoms with E-state index >= 15 is 0 Å². The first-order chi connectivity index (χ1) is 7.68. The van der Waals surface area contributed by atoms with Gasteiger partial charge in [0.2, 0.25) is 0 Å². The molecule has 0 spiro atoms. The quantitative estimate of drug-likeness (QED) is 0.800. The molecule has 16 heavy (non-hydrogen) atoms. The molecular weight excluding hydrogens is 198 g/mol. The number of aromatic nitrogens is 2. The average molecular weight is 221 g/mol. The van der Waals surface area contributed by atoms with E-state index < -0.39 is 0 Å². The summed E-state index contributed by atoms with van der Waals surface area (Å²) in [5.74, 6) is 1.59. The van der Waals surface area contributed by atoms with Gasteiger partial charge in [-0.3, -0.25) is 0 Å². The molecule has 3 heteroatoms. The van der Waals surface area contributed by atoms with E-state index in [-0.39, 0.29) is 0 Å². The smallest absolute Gasteiger partial charge is 0.0951 e. The second-order valence-corrected chi connectivity index (χ2v) is 5.40. The van der Waals surface area contributed by atoms with Crippen molar-refractivity contribution in [1.29, 1.82) is 0 Å². The van der Waals surface area contributed by atoms with Crippen LogP contribution in [0.5, 0.6) is 0 Å². The summed E-state index contributed by atoms with van der Waals surface area (Å²) >= 11 is 0. The third kappa shape index (κ3) is 2.85. The van der Waals surface area contributed by atoms with E-state index in [2.05, 4.69) is 35.6 Å². The van der Waals surface area contributed by atoms with Crippen LogP contribution in [0.1, 0.15) is 45.3 Å².